The van der Waals surface area contributed by atoms with Gasteiger partial charge in [0.2, 0.25) is 0 Å². The molecule has 2 aromatic carbocycles. The molecule has 0 spiro atoms. The third kappa shape index (κ3) is 4.95. The second-order valence-electron chi connectivity index (χ2n) is 5.10. The van der Waals surface area contributed by atoms with E-state index in [-0.39, 0.29) is 19.0 Å². The van der Waals surface area contributed by atoms with Crippen molar-refractivity contribution in [2.75, 3.05) is 18.5 Å². The number of amides is 1. The van der Waals surface area contributed by atoms with Crippen LogP contribution in [0.15, 0.2) is 48.5 Å². The first kappa shape index (κ1) is 18.7. The van der Waals surface area contributed by atoms with Crippen molar-refractivity contribution in [1.29, 1.82) is 0 Å². The molecule has 0 saturated carbocycles. The van der Waals surface area contributed by atoms with Crippen molar-refractivity contribution in [3.63, 3.8) is 0 Å². The van der Waals surface area contributed by atoms with Crippen LogP contribution < -0.4 is 10.1 Å². The fourth-order valence-electron chi connectivity index (χ4n) is 2.08. The quantitative estimate of drug-likeness (QED) is 0.374. The molecule has 0 aliphatic heterocycles. The number of carbonyl (C=O) groups excluding carboxylic acids is 3. The molecule has 2 aromatic rings. The highest BCUT2D eigenvalue weighted by atomic mass is 16.5. The smallest absolute Gasteiger partial charge is 0.397 e. The molecule has 0 aliphatic carbocycles. The van der Waals surface area contributed by atoms with E-state index in [1.807, 2.05) is 0 Å². The number of hydrogen-bond acceptors (Lipinski definition) is 5. The van der Waals surface area contributed by atoms with Gasteiger partial charge in [0, 0.05) is 16.8 Å². The van der Waals surface area contributed by atoms with Crippen molar-refractivity contribution >= 4 is 23.3 Å². The molecule has 0 aliphatic rings. The number of benzene rings is 2. The van der Waals surface area contributed by atoms with Gasteiger partial charge < -0.3 is 14.8 Å². The molecule has 1 amide bonds. The van der Waals surface area contributed by atoms with Gasteiger partial charge in [-0.2, -0.15) is 0 Å². The molecule has 0 radical (unpaired) electrons. The van der Waals surface area contributed by atoms with Crippen molar-refractivity contribution in [1.82, 2.24) is 0 Å². The highest BCUT2D eigenvalue weighted by molar-refractivity contribution is 6.37. The van der Waals surface area contributed by atoms with Crippen molar-refractivity contribution in [2.45, 2.75) is 6.92 Å². The average Bonchev–Trinajstić information content (AvgIpc) is 2.67. The highest BCUT2D eigenvalue weighted by Gasteiger charge is 2.15. The van der Waals surface area contributed by atoms with Gasteiger partial charge in [-0.25, -0.2) is 4.79 Å². The van der Waals surface area contributed by atoms with Gasteiger partial charge in [0.15, 0.2) is 5.78 Å². The summed E-state index contributed by atoms with van der Waals surface area (Å²) in [6.45, 7) is 1.89. The monoisotopic (exact) mass is 351 g/mol. The molecule has 0 aromatic heterocycles. The molecule has 0 unspecified atom stereocenters. The Morgan fingerprint density at radius 1 is 1.00 bits per heavy atom. The number of hydrogen-bond donors (Lipinski definition) is 1. The lowest BCUT2D eigenvalue weighted by atomic mass is 10.0. The Morgan fingerprint density at radius 2 is 1.58 bits per heavy atom. The molecule has 2 rings (SSSR count). The number of ether oxygens (including phenoxy) is 2. The fourth-order valence-corrected chi connectivity index (χ4v) is 2.08. The number of terminal acetylenes is 1. The van der Waals surface area contributed by atoms with E-state index in [0.717, 1.165) is 0 Å². The van der Waals surface area contributed by atoms with Crippen LogP contribution in [0.3, 0.4) is 0 Å². The van der Waals surface area contributed by atoms with Crippen molar-refractivity contribution < 1.29 is 23.9 Å². The Kier molecular flexibility index (Phi) is 6.52. The predicted octanol–water partition coefficient (Wildman–Crippen LogP) is 2.43. The minimum atomic E-state index is -0.959. The van der Waals surface area contributed by atoms with E-state index in [1.165, 1.54) is 12.1 Å². The number of carbonyl (C=O) groups is 3. The summed E-state index contributed by atoms with van der Waals surface area (Å²) in [5, 5.41) is 2.40. The minimum absolute atomic E-state index is 0.117. The Balaban J connectivity index is 2.03. The van der Waals surface area contributed by atoms with Gasteiger partial charge in [0.05, 0.1) is 6.61 Å². The molecule has 1 N–H and O–H groups in total. The van der Waals surface area contributed by atoms with Crippen molar-refractivity contribution in [2.24, 2.45) is 0 Å². The lowest BCUT2D eigenvalue weighted by Crippen LogP contribution is -2.24. The van der Waals surface area contributed by atoms with Crippen LogP contribution in [0.4, 0.5) is 5.69 Å². The number of rotatable bonds is 6. The normalized spacial score (nSPS) is 9.69. The Hall–Kier alpha value is -3.59. The number of anilines is 1. The second kappa shape index (κ2) is 9.04. The van der Waals surface area contributed by atoms with Gasteiger partial charge >= 0.3 is 11.9 Å². The zero-order chi connectivity index (χ0) is 18.9. The summed E-state index contributed by atoms with van der Waals surface area (Å²) in [7, 11) is 0. The molecule has 26 heavy (non-hydrogen) atoms. The minimum Gasteiger partial charge on any atom is -0.481 e. The summed E-state index contributed by atoms with van der Waals surface area (Å²) >= 11 is 0. The van der Waals surface area contributed by atoms with Crippen LogP contribution in [0.25, 0.3) is 0 Å². The number of ketones is 1. The molecule has 0 heterocycles. The van der Waals surface area contributed by atoms with E-state index >= 15 is 0 Å². The number of esters is 1. The summed E-state index contributed by atoms with van der Waals surface area (Å²) in [5.41, 5.74) is 1.32. The summed E-state index contributed by atoms with van der Waals surface area (Å²) in [5.74, 6) is 0.935. The first-order valence-corrected chi connectivity index (χ1v) is 7.84. The Labute approximate surface area is 151 Å². The molecule has 132 valence electrons. The van der Waals surface area contributed by atoms with Gasteiger partial charge in [-0.3, -0.25) is 9.59 Å². The van der Waals surface area contributed by atoms with E-state index in [1.54, 1.807) is 43.3 Å². The fraction of sp³-hybridized carbons (Fsp3) is 0.150. The van der Waals surface area contributed by atoms with Crippen LogP contribution in [0.5, 0.6) is 5.75 Å². The maximum absolute atomic E-state index is 12.5. The number of nitrogens with one attached hydrogen (secondary N) is 1. The van der Waals surface area contributed by atoms with E-state index in [9.17, 15) is 14.4 Å². The van der Waals surface area contributed by atoms with E-state index in [4.69, 9.17) is 11.2 Å². The third-order valence-electron chi connectivity index (χ3n) is 3.30. The first-order chi connectivity index (χ1) is 12.5. The van der Waals surface area contributed by atoms with Crippen LogP contribution in [-0.4, -0.2) is 30.9 Å². The van der Waals surface area contributed by atoms with E-state index in [0.29, 0.717) is 22.6 Å². The SMILES string of the molecule is C#CCOc1ccc(C(=O)c2ccc(NC(=O)C(=O)OCC)cc2)cc1. The summed E-state index contributed by atoms with van der Waals surface area (Å²) < 4.78 is 9.86. The lowest BCUT2D eigenvalue weighted by molar-refractivity contribution is -0.152. The van der Waals surface area contributed by atoms with Gasteiger partial charge in [-0.15, -0.1) is 6.42 Å². The maximum atomic E-state index is 12.5. The van der Waals surface area contributed by atoms with Crippen molar-refractivity contribution in [3.05, 3.63) is 59.7 Å². The highest BCUT2D eigenvalue weighted by Crippen LogP contribution is 2.17. The van der Waals surface area contributed by atoms with E-state index in [2.05, 4.69) is 16.0 Å². The molecule has 6 nitrogen and oxygen atoms in total. The van der Waals surface area contributed by atoms with Crippen LogP contribution in [0.2, 0.25) is 0 Å². The molecule has 0 bridgehead atoms. The molecule has 0 atom stereocenters. The summed E-state index contributed by atoms with van der Waals surface area (Å²) in [6, 6.07) is 12.8. The Bertz CT molecular complexity index is 832. The zero-order valence-corrected chi connectivity index (χ0v) is 14.2. The molecular formula is C20H17NO5. The lowest BCUT2D eigenvalue weighted by Gasteiger charge is -2.07. The third-order valence-corrected chi connectivity index (χ3v) is 3.30. The van der Waals surface area contributed by atoms with Gasteiger partial charge in [-0.1, -0.05) is 5.92 Å². The molecule has 0 saturated heterocycles. The average molecular weight is 351 g/mol. The first-order valence-electron chi connectivity index (χ1n) is 7.84. The van der Waals surface area contributed by atoms with Gasteiger partial charge in [-0.05, 0) is 55.5 Å². The second-order valence-corrected chi connectivity index (χ2v) is 5.10. The summed E-state index contributed by atoms with van der Waals surface area (Å²) in [6.07, 6.45) is 5.12. The van der Waals surface area contributed by atoms with Crippen molar-refractivity contribution in [3.8, 4) is 18.1 Å². The van der Waals surface area contributed by atoms with Crippen LogP contribution in [0.1, 0.15) is 22.8 Å². The maximum Gasteiger partial charge on any atom is 0.397 e. The summed E-state index contributed by atoms with van der Waals surface area (Å²) in [4.78, 5) is 35.3. The van der Waals surface area contributed by atoms with Crippen LogP contribution >= 0.6 is 0 Å². The van der Waals surface area contributed by atoms with Crippen LogP contribution in [0, 0.1) is 12.3 Å². The molecule has 0 fully saturated rings. The zero-order valence-electron chi connectivity index (χ0n) is 14.2. The topological polar surface area (TPSA) is 81.7 Å². The van der Waals surface area contributed by atoms with E-state index < -0.39 is 11.9 Å². The predicted molar refractivity (Wildman–Crippen MR) is 95.9 cm³/mol. The van der Waals surface area contributed by atoms with Gasteiger partial charge in [0.1, 0.15) is 12.4 Å². The Morgan fingerprint density at radius 3 is 2.12 bits per heavy atom. The van der Waals surface area contributed by atoms with Crippen LogP contribution in [-0.2, 0) is 14.3 Å². The largest absolute Gasteiger partial charge is 0.481 e. The standard InChI is InChI=1S/C20H17NO5/c1-3-13-26-17-11-7-15(8-12-17)18(22)14-5-9-16(10-6-14)21-19(23)20(24)25-4-2/h1,5-12H,4,13H2,2H3,(H,21,23). The molecule has 6 heteroatoms. The van der Waals surface area contributed by atoms with Gasteiger partial charge in [0.25, 0.3) is 0 Å². The molecular weight excluding hydrogens is 334 g/mol.